The summed E-state index contributed by atoms with van der Waals surface area (Å²) in [5.74, 6) is -0.999. The Kier molecular flexibility index (Phi) is 5.01. The Morgan fingerprint density at radius 3 is 2.08 bits per heavy atom. The first-order valence-corrected chi connectivity index (χ1v) is 11.4. The number of carboxylic acids is 1. The zero-order valence-corrected chi connectivity index (χ0v) is 19.1. The fourth-order valence-corrected chi connectivity index (χ4v) is 4.62. The maximum Gasteiger partial charge on any atom is 0.270 e. The molecule has 4 aromatic carbocycles. The summed E-state index contributed by atoms with van der Waals surface area (Å²) in [5.41, 5.74) is 5.69. The molecule has 0 saturated carbocycles. The molecule has 0 unspecified atom stereocenters. The summed E-state index contributed by atoms with van der Waals surface area (Å²) < 4.78 is 0. The van der Waals surface area contributed by atoms with Gasteiger partial charge in [0.25, 0.3) is 5.69 Å². The van der Waals surface area contributed by atoms with Gasteiger partial charge in [-0.05, 0) is 28.8 Å². The Morgan fingerprint density at radius 2 is 1.41 bits per heavy atom. The number of benzene rings is 4. The molecule has 8 heteroatoms. The van der Waals surface area contributed by atoms with Crippen molar-refractivity contribution < 1.29 is 19.6 Å². The Hall–Kier alpha value is -5.37. The number of H-pyrrole nitrogens is 1. The number of aromatic carboxylic acids is 1. The van der Waals surface area contributed by atoms with E-state index in [2.05, 4.69) is 4.98 Å². The van der Waals surface area contributed by atoms with Crippen molar-refractivity contribution in [2.45, 2.75) is 0 Å². The van der Waals surface area contributed by atoms with Gasteiger partial charge in [0, 0.05) is 39.9 Å². The van der Waals surface area contributed by atoms with E-state index in [0.29, 0.717) is 44.9 Å². The second kappa shape index (κ2) is 8.39. The average molecular weight is 486 g/mol. The fraction of sp³-hybridized carbons (Fsp3) is 0. The molecule has 1 heterocycles. The molecular weight excluding hydrogens is 470 g/mol. The van der Waals surface area contributed by atoms with E-state index in [1.165, 1.54) is 24.3 Å². The second-order valence-electron chi connectivity index (χ2n) is 8.62. The first-order chi connectivity index (χ1) is 17.9. The van der Waals surface area contributed by atoms with E-state index in [1.54, 1.807) is 24.3 Å². The summed E-state index contributed by atoms with van der Waals surface area (Å²) in [4.78, 5) is 43.2. The number of carboxylic acid groups (broad SMARTS) is 1. The molecule has 1 aromatic heterocycles. The minimum Gasteiger partial charge on any atom is -0.545 e. The van der Waals surface area contributed by atoms with Crippen LogP contribution < -0.4 is 5.11 Å². The standard InChI is InChI=1S/C29H17N3O5/c33-27-23-14-19(10-12-21(23)22-13-11-20(32(36)37)15-24(22)27)26-25(16-4-2-1-3-5-16)30-28(31-26)17-6-8-18(9-7-17)29(34)35/h1-15H,(H,30,31)(H,34,35)/p-1. The van der Waals surface area contributed by atoms with Crippen LogP contribution in [0.4, 0.5) is 5.69 Å². The SMILES string of the molecule is O=C([O-])c1ccc(-c2nc(-c3ccc4c(c3)C(=O)c3cc([N+](=O)[O-])ccc3-4)c(-c3ccccc3)[nH]2)cc1. The summed E-state index contributed by atoms with van der Waals surface area (Å²) in [5, 5.41) is 22.3. The molecule has 1 N–H and O–H groups in total. The first kappa shape index (κ1) is 22.1. The minimum atomic E-state index is -1.26. The third-order valence-corrected chi connectivity index (χ3v) is 6.45. The van der Waals surface area contributed by atoms with Crippen molar-refractivity contribution in [3.8, 4) is 45.0 Å². The molecule has 0 saturated heterocycles. The van der Waals surface area contributed by atoms with Gasteiger partial charge in [0.2, 0.25) is 0 Å². The third-order valence-electron chi connectivity index (χ3n) is 6.45. The molecule has 0 bridgehead atoms. The number of hydrogen-bond donors (Lipinski definition) is 1. The first-order valence-electron chi connectivity index (χ1n) is 11.4. The lowest BCUT2D eigenvalue weighted by Crippen LogP contribution is -2.21. The lowest BCUT2D eigenvalue weighted by molar-refractivity contribution is -0.384. The van der Waals surface area contributed by atoms with Crippen LogP contribution in [0.1, 0.15) is 26.3 Å². The van der Waals surface area contributed by atoms with Crippen LogP contribution in [-0.4, -0.2) is 26.6 Å². The molecule has 5 aromatic rings. The van der Waals surface area contributed by atoms with Gasteiger partial charge in [-0.2, -0.15) is 0 Å². The number of nitro benzene ring substituents is 1. The Bertz CT molecular complexity index is 1740. The van der Waals surface area contributed by atoms with E-state index >= 15 is 0 Å². The van der Waals surface area contributed by atoms with Crippen LogP contribution in [0.5, 0.6) is 0 Å². The lowest BCUT2D eigenvalue weighted by atomic mass is 9.99. The number of carbonyl (C=O) groups excluding carboxylic acids is 2. The van der Waals surface area contributed by atoms with Crippen LogP contribution in [-0.2, 0) is 0 Å². The minimum absolute atomic E-state index is 0.0655. The van der Waals surface area contributed by atoms with Gasteiger partial charge in [-0.15, -0.1) is 0 Å². The summed E-state index contributed by atoms with van der Waals surface area (Å²) in [7, 11) is 0. The highest BCUT2D eigenvalue weighted by atomic mass is 16.6. The van der Waals surface area contributed by atoms with E-state index in [0.717, 1.165) is 11.3 Å². The zero-order valence-electron chi connectivity index (χ0n) is 19.1. The van der Waals surface area contributed by atoms with E-state index < -0.39 is 10.9 Å². The number of ketones is 1. The molecule has 37 heavy (non-hydrogen) atoms. The van der Waals surface area contributed by atoms with Crippen molar-refractivity contribution in [1.82, 2.24) is 9.97 Å². The summed E-state index contributed by atoms with van der Waals surface area (Å²) in [6.45, 7) is 0. The van der Waals surface area contributed by atoms with Crippen molar-refractivity contribution in [3.63, 3.8) is 0 Å². The van der Waals surface area contributed by atoms with E-state index in [4.69, 9.17) is 4.98 Å². The summed E-state index contributed by atoms with van der Waals surface area (Å²) in [6.07, 6.45) is 0. The number of non-ortho nitro benzene ring substituents is 1. The summed E-state index contributed by atoms with van der Waals surface area (Å²) in [6, 6.07) is 25.6. The number of fused-ring (bicyclic) bond motifs is 3. The maximum absolute atomic E-state index is 13.2. The van der Waals surface area contributed by atoms with E-state index in [9.17, 15) is 24.8 Å². The molecule has 8 nitrogen and oxygen atoms in total. The molecule has 0 aliphatic heterocycles. The van der Waals surface area contributed by atoms with Crippen molar-refractivity contribution in [3.05, 3.63) is 118 Å². The molecule has 1 aliphatic carbocycles. The van der Waals surface area contributed by atoms with Crippen LogP contribution in [0, 0.1) is 10.1 Å². The largest absolute Gasteiger partial charge is 0.545 e. The van der Waals surface area contributed by atoms with Crippen molar-refractivity contribution in [1.29, 1.82) is 0 Å². The van der Waals surface area contributed by atoms with Gasteiger partial charge in [0.15, 0.2) is 5.78 Å². The molecule has 178 valence electrons. The number of nitro groups is 1. The average Bonchev–Trinajstić information content (AvgIpc) is 3.49. The number of aromatic nitrogens is 2. The van der Waals surface area contributed by atoms with Gasteiger partial charge in [-0.1, -0.05) is 66.7 Å². The summed E-state index contributed by atoms with van der Waals surface area (Å²) >= 11 is 0. The van der Waals surface area contributed by atoms with Crippen LogP contribution in [0.25, 0.3) is 45.0 Å². The highest BCUT2D eigenvalue weighted by Crippen LogP contribution is 2.41. The number of rotatable bonds is 5. The number of imidazole rings is 1. The Morgan fingerprint density at radius 1 is 0.757 bits per heavy atom. The monoisotopic (exact) mass is 486 g/mol. The molecule has 1 aliphatic rings. The van der Waals surface area contributed by atoms with Gasteiger partial charge < -0.3 is 14.9 Å². The number of carbonyl (C=O) groups is 2. The normalized spacial score (nSPS) is 11.7. The number of nitrogens with one attached hydrogen (secondary N) is 1. The van der Waals surface area contributed by atoms with Crippen molar-refractivity contribution in [2.24, 2.45) is 0 Å². The predicted octanol–water partition coefficient (Wildman–Crippen LogP) is 4.89. The van der Waals surface area contributed by atoms with Crippen LogP contribution >= 0.6 is 0 Å². The van der Waals surface area contributed by atoms with Crippen LogP contribution in [0.15, 0.2) is 91.0 Å². The highest BCUT2D eigenvalue weighted by molar-refractivity contribution is 6.22. The molecule has 0 atom stereocenters. The quantitative estimate of drug-likeness (QED) is 0.273. The van der Waals surface area contributed by atoms with Crippen LogP contribution in [0.3, 0.4) is 0 Å². The van der Waals surface area contributed by atoms with E-state index in [-0.39, 0.29) is 17.0 Å². The molecule has 0 spiro atoms. The van der Waals surface area contributed by atoms with E-state index in [1.807, 2.05) is 42.5 Å². The second-order valence-corrected chi connectivity index (χ2v) is 8.62. The van der Waals surface area contributed by atoms with Gasteiger partial charge in [0.1, 0.15) is 5.82 Å². The Balaban J connectivity index is 1.47. The van der Waals surface area contributed by atoms with Gasteiger partial charge in [-0.25, -0.2) is 4.98 Å². The smallest absolute Gasteiger partial charge is 0.270 e. The number of hydrogen-bond acceptors (Lipinski definition) is 6. The highest BCUT2D eigenvalue weighted by Gasteiger charge is 2.29. The maximum atomic E-state index is 13.2. The van der Waals surface area contributed by atoms with Crippen molar-refractivity contribution in [2.75, 3.05) is 0 Å². The lowest BCUT2D eigenvalue weighted by Gasteiger charge is -2.06. The molecule has 0 fully saturated rings. The van der Waals surface area contributed by atoms with Gasteiger partial charge in [0.05, 0.1) is 22.3 Å². The number of aromatic amines is 1. The molecule has 6 rings (SSSR count). The Labute approximate surface area is 210 Å². The topological polar surface area (TPSA) is 129 Å². The van der Waals surface area contributed by atoms with Gasteiger partial charge in [-0.3, -0.25) is 14.9 Å². The van der Waals surface area contributed by atoms with Gasteiger partial charge >= 0.3 is 0 Å². The molecular formula is C29H16N3O5-. The fourth-order valence-electron chi connectivity index (χ4n) is 4.62. The van der Waals surface area contributed by atoms with Crippen molar-refractivity contribution >= 4 is 17.4 Å². The van der Waals surface area contributed by atoms with Crippen LogP contribution in [0.2, 0.25) is 0 Å². The number of nitrogens with zero attached hydrogens (tertiary/aromatic N) is 2. The zero-order chi connectivity index (χ0) is 25.7. The molecule has 0 radical (unpaired) electrons. The third kappa shape index (κ3) is 3.68. The molecule has 0 amide bonds. The predicted molar refractivity (Wildman–Crippen MR) is 135 cm³/mol.